The van der Waals surface area contributed by atoms with Crippen molar-refractivity contribution in [1.29, 1.82) is 0 Å². The van der Waals surface area contributed by atoms with Gasteiger partial charge in [0.25, 0.3) is 0 Å². The molecule has 4 nitrogen and oxygen atoms in total. The smallest absolute Gasteiger partial charge is 0.131 e. The maximum atomic E-state index is 10.9. The Morgan fingerprint density at radius 1 is 1.32 bits per heavy atom. The van der Waals surface area contributed by atoms with Crippen LogP contribution in [0.15, 0.2) is 22.8 Å². The molecular formula is C15H29NO3. The molecule has 1 N–H and O–H groups in total. The lowest BCUT2D eigenvalue weighted by Gasteiger charge is -2.19. The molecule has 0 aliphatic carbocycles. The normalized spacial score (nSPS) is 9.21. The highest BCUT2D eigenvalue weighted by Gasteiger charge is 2.07. The first-order chi connectivity index (χ1) is 9.22. The molecule has 0 saturated heterocycles. The van der Waals surface area contributed by atoms with Gasteiger partial charge in [-0.15, -0.1) is 0 Å². The summed E-state index contributed by atoms with van der Waals surface area (Å²) < 4.78 is 5.29. The molecular weight excluding hydrogens is 242 g/mol. The number of aliphatic hydroxyl groups excluding tert-OH is 1. The van der Waals surface area contributed by atoms with Crippen molar-refractivity contribution in [2.45, 2.75) is 47.1 Å². The first kappa shape index (κ1) is 20.2. The zero-order valence-electron chi connectivity index (χ0n) is 13.0. The van der Waals surface area contributed by atoms with Crippen LogP contribution in [0.1, 0.15) is 46.3 Å². The summed E-state index contributed by atoms with van der Waals surface area (Å²) in [6.07, 6.45) is 3.41. The van der Waals surface area contributed by atoms with Crippen LogP contribution in [0.25, 0.3) is 0 Å². The SMILES string of the molecule is CC.CCCN(CCC(C)=O)Cc1ccco1.CO. The van der Waals surface area contributed by atoms with E-state index in [0.717, 1.165) is 38.9 Å². The molecule has 0 fully saturated rings. The van der Waals surface area contributed by atoms with Crippen LogP contribution in [-0.4, -0.2) is 36.0 Å². The number of hydrogen-bond donors (Lipinski definition) is 1. The summed E-state index contributed by atoms with van der Waals surface area (Å²) in [4.78, 5) is 13.2. The third-order valence-electron chi connectivity index (χ3n) is 2.28. The summed E-state index contributed by atoms with van der Waals surface area (Å²) >= 11 is 0. The van der Waals surface area contributed by atoms with Crippen molar-refractivity contribution >= 4 is 5.78 Å². The van der Waals surface area contributed by atoms with Gasteiger partial charge in [-0.1, -0.05) is 20.8 Å². The zero-order valence-corrected chi connectivity index (χ0v) is 13.0. The van der Waals surface area contributed by atoms with E-state index < -0.39 is 0 Å². The molecule has 0 bridgehead atoms. The van der Waals surface area contributed by atoms with Crippen LogP contribution in [0.3, 0.4) is 0 Å². The number of hydrogen-bond acceptors (Lipinski definition) is 4. The van der Waals surface area contributed by atoms with Crippen LogP contribution in [0, 0.1) is 0 Å². The highest BCUT2D eigenvalue weighted by atomic mass is 16.3. The minimum absolute atomic E-state index is 0.246. The Labute approximate surface area is 117 Å². The first-order valence-corrected chi connectivity index (χ1v) is 6.91. The third-order valence-corrected chi connectivity index (χ3v) is 2.28. The summed E-state index contributed by atoms with van der Waals surface area (Å²) in [7, 11) is 1.00. The number of Topliss-reactive ketones (excluding diaryl/α,β-unsaturated/α-hetero) is 1. The topological polar surface area (TPSA) is 53.7 Å². The average molecular weight is 271 g/mol. The second kappa shape index (κ2) is 14.9. The highest BCUT2D eigenvalue weighted by Crippen LogP contribution is 2.06. The molecule has 0 aliphatic heterocycles. The van der Waals surface area contributed by atoms with Crippen LogP contribution in [0.4, 0.5) is 0 Å². The second-order valence-electron chi connectivity index (χ2n) is 3.81. The summed E-state index contributed by atoms with van der Waals surface area (Å²) in [5, 5.41) is 7.00. The Morgan fingerprint density at radius 2 is 1.95 bits per heavy atom. The lowest BCUT2D eigenvalue weighted by Crippen LogP contribution is -2.26. The van der Waals surface area contributed by atoms with E-state index >= 15 is 0 Å². The molecule has 0 saturated carbocycles. The molecule has 1 rings (SSSR count). The largest absolute Gasteiger partial charge is 0.468 e. The Kier molecular flexibility index (Phi) is 15.9. The van der Waals surface area contributed by atoms with Crippen molar-refractivity contribution < 1.29 is 14.3 Å². The van der Waals surface area contributed by atoms with E-state index in [2.05, 4.69) is 11.8 Å². The van der Waals surface area contributed by atoms with Crippen molar-refractivity contribution in [1.82, 2.24) is 4.90 Å². The fourth-order valence-corrected chi connectivity index (χ4v) is 1.52. The number of nitrogens with zero attached hydrogens (tertiary/aromatic N) is 1. The van der Waals surface area contributed by atoms with E-state index in [-0.39, 0.29) is 5.78 Å². The van der Waals surface area contributed by atoms with Crippen molar-refractivity contribution in [2.24, 2.45) is 0 Å². The molecule has 0 atom stereocenters. The molecule has 0 aromatic carbocycles. The van der Waals surface area contributed by atoms with Gasteiger partial charge in [0, 0.05) is 20.1 Å². The molecule has 0 radical (unpaired) electrons. The summed E-state index contributed by atoms with van der Waals surface area (Å²) in [6, 6.07) is 3.86. The number of carbonyl (C=O) groups excluding carboxylic acids is 1. The Morgan fingerprint density at radius 3 is 2.37 bits per heavy atom. The number of carbonyl (C=O) groups is 1. The molecule has 4 heteroatoms. The zero-order chi connectivity index (χ0) is 15.1. The van der Waals surface area contributed by atoms with Gasteiger partial charge in [-0.2, -0.15) is 0 Å². The van der Waals surface area contributed by atoms with Gasteiger partial charge in [0.05, 0.1) is 12.8 Å². The van der Waals surface area contributed by atoms with Crippen molar-refractivity contribution in [3.05, 3.63) is 24.2 Å². The monoisotopic (exact) mass is 271 g/mol. The number of furan rings is 1. The van der Waals surface area contributed by atoms with Crippen LogP contribution < -0.4 is 0 Å². The lowest BCUT2D eigenvalue weighted by molar-refractivity contribution is -0.117. The number of rotatable bonds is 7. The van der Waals surface area contributed by atoms with Crippen molar-refractivity contribution in [2.75, 3.05) is 20.2 Å². The van der Waals surface area contributed by atoms with Crippen LogP contribution in [-0.2, 0) is 11.3 Å². The summed E-state index contributed by atoms with van der Waals surface area (Å²) in [6.45, 7) is 10.4. The van der Waals surface area contributed by atoms with E-state index in [1.165, 1.54) is 0 Å². The van der Waals surface area contributed by atoms with Crippen molar-refractivity contribution in [3.63, 3.8) is 0 Å². The van der Waals surface area contributed by atoms with Gasteiger partial charge in [0.15, 0.2) is 0 Å². The highest BCUT2D eigenvalue weighted by molar-refractivity contribution is 5.75. The maximum absolute atomic E-state index is 10.9. The number of aliphatic hydroxyl groups is 1. The summed E-state index contributed by atoms with van der Waals surface area (Å²) in [5.74, 6) is 1.21. The van der Waals surface area contributed by atoms with E-state index in [1.54, 1.807) is 13.2 Å². The van der Waals surface area contributed by atoms with Crippen LogP contribution in [0.2, 0.25) is 0 Å². The molecule has 1 aromatic rings. The Hall–Kier alpha value is -1.13. The molecule has 19 heavy (non-hydrogen) atoms. The molecule has 0 unspecified atom stereocenters. The first-order valence-electron chi connectivity index (χ1n) is 6.91. The molecule has 112 valence electrons. The van der Waals surface area contributed by atoms with E-state index in [0.29, 0.717) is 6.42 Å². The third kappa shape index (κ3) is 11.7. The van der Waals surface area contributed by atoms with E-state index in [4.69, 9.17) is 9.52 Å². The van der Waals surface area contributed by atoms with Gasteiger partial charge in [-0.25, -0.2) is 0 Å². The average Bonchev–Trinajstić information content (AvgIpc) is 2.94. The van der Waals surface area contributed by atoms with Gasteiger partial charge in [0.1, 0.15) is 11.5 Å². The lowest BCUT2D eigenvalue weighted by atomic mass is 10.2. The second-order valence-corrected chi connectivity index (χ2v) is 3.81. The van der Waals surface area contributed by atoms with Crippen molar-refractivity contribution in [3.8, 4) is 0 Å². The van der Waals surface area contributed by atoms with E-state index in [1.807, 2.05) is 26.0 Å². The molecule has 1 aromatic heterocycles. The maximum Gasteiger partial charge on any atom is 0.131 e. The number of ketones is 1. The quantitative estimate of drug-likeness (QED) is 0.828. The molecule has 0 aliphatic rings. The van der Waals surface area contributed by atoms with E-state index in [9.17, 15) is 4.79 Å². The molecule has 1 heterocycles. The van der Waals surface area contributed by atoms with Gasteiger partial charge in [-0.05, 0) is 32.0 Å². The van der Waals surface area contributed by atoms with Gasteiger partial charge in [0.2, 0.25) is 0 Å². The fraction of sp³-hybridized carbons (Fsp3) is 0.667. The minimum Gasteiger partial charge on any atom is -0.468 e. The van der Waals surface area contributed by atoms with Gasteiger partial charge in [-0.3, -0.25) is 9.69 Å². The predicted molar refractivity (Wildman–Crippen MR) is 79.1 cm³/mol. The minimum atomic E-state index is 0.246. The molecule has 0 spiro atoms. The van der Waals surface area contributed by atoms with Gasteiger partial charge >= 0.3 is 0 Å². The van der Waals surface area contributed by atoms with Gasteiger partial charge < -0.3 is 9.52 Å². The summed E-state index contributed by atoms with van der Waals surface area (Å²) in [5.41, 5.74) is 0. The fourth-order valence-electron chi connectivity index (χ4n) is 1.52. The van der Waals surface area contributed by atoms with Crippen LogP contribution in [0.5, 0.6) is 0 Å². The van der Waals surface area contributed by atoms with Crippen LogP contribution >= 0.6 is 0 Å². The standard InChI is InChI=1S/C12H19NO2.C2H6.CH4O/c1-3-7-13(8-6-11(2)14)10-12-5-4-9-15-12;2*1-2/h4-5,9H,3,6-8,10H2,1-2H3;1-2H3;2H,1H3. The predicted octanol–water partition coefficient (Wildman–Crippen LogP) is 3.11. The Bertz CT molecular complexity index is 284. The Balaban J connectivity index is 0. The molecule has 0 amide bonds.